The van der Waals surface area contributed by atoms with E-state index in [0.29, 0.717) is 10.6 Å². The number of imide groups is 1. The van der Waals surface area contributed by atoms with Crippen LogP contribution in [0.3, 0.4) is 0 Å². The highest BCUT2D eigenvalue weighted by Gasteiger charge is 2.36. The Labute approximate surface area is 196 Å². The summed E-state index contributed by atoms with van der Waals surface area (Å²) in [7, 11) is 0. The fourth-order valence-electron chi connectivity index (χ4n) is 3.08. The fraction of sp³-hybridized carbons (Fsp3) is 0.238. The summed E-state index contributed by atoms with van der Waals surface area (Å²) in [4.78, 5) is 23.7. The van der Waals surface area contributed by atoms with Gasteiger partial charge in [0.05, 0.1) is 16.5 Å². The van der Waals surface area contributed by atoms with Crippen LogP contribution in [-0.4, -0.2) is 32.0 Å². The highest BCUT2D eigenvalue weighted by molar-refractivity contribution is 8.00. The maximum atomic E-state index is 13.8. The van der Waals surface area contributed by atoms with Gasteiger partial charge in [-0.1, -0.05) is 61.5 Å². The largest absolute Gasteiger partial charge is 0.418 e. The predicted molar refractivity (Wildman–Crippen MR) is 119 cm³/mol. The number of amides is 3. The van der Waals surface area contributed by atoms with Crippen LogP contribution in [0.2, 0.25) is 5.02 Å². The number of carbonyl (C=O) groups excluding carboxylic acids is 2. The number of benzene rings is 2. The molecule has 1 atom stereocenters. The first-order valence-corrected chi connectivity index (χ1v) is 10.9. The number of urea groups is 1. The van der Waals surface area contributed by atoms with Gasteiger partial charge in [-0.2, -0.15) is 13.2 Å². The molecule has 0 aliphatic rings. The number of hydrogen-bond acceptors (Lipinski definition) is 5. The molecule has 0 saturated heterocycles. The molecule has 0 fully saturated rings. The Morgan fingerprint density at radius 3 is 2.42 bits per heavy atom. The van der Waals surface area contributed by atoms with E-state index in [9.17, 15) is 22.8 Å². The lowest BCUT2D eigenvalue weighted by Crippen LogP contribution is -2.42. The van der Waals surface area contributed by atoms with Crippen molar-refractivity contribution in [3.8, 4) is 17.1 Å². The molecule has 1 heterocycles. The second-order valence-corrected chi connectivity index (χ2v) is 8.85. The maximum absolute atomic E-state index is 13.8. The average Bonchev–Trinajstić information content (AvgIpc) is 3.14. The number of nitrogens with one attached hydrogen (secondary N) is 1. The Bertz CT molecular complexity index is 1180. The number of hydrogen-bond donors (Lipinski definition) is 2. The van der Waals surface area contributed by atoms with Gasteiger partial charge in [-0.3, -0.25) is 14.7 Å². The van der Waals surface area contributed by atoms with Crippen LogP contribution in [0.4, 0.5) is 18.0 Å². The summed E-state index contributed by atoms with van der Waals surface area (Å²) >= 11 is 6.96. The van der Waals surface area contributed by atoms with E-state index in [4.69, 9.17) is 17.3 Å². The average molecular weight is 498 g/mol. The molecular formula is C21H19ClF3N5O2S. The molecule has 0 bridgehead atoms. The van der Waals surface area contributed by atoms with E-state index in [1.807, 2.05) is 5.32 Å². The number of nitrogens with two attached hydrogens (primary N) is 1. The predicted octanol–water partition coefficient (Wildman–Crippen LogP) is 4.92. The molecule has 3 aromatic rings. The van der Waals surface area contributed by atoms with Gasteiger partial charge >= 0.3 is 12.2 Å². The Hall–Kier alpha value is -3.05. The highest BCUT2D eigenvalue weighted by Crippen LogP contribution is 2.39. The van der Waals surface area contributed by atoms with E-state index in [1.54, 1.807) is 38.1 Å². The van der Waals surface area contributed by atoms with Crippen LogP contribution in [0.25, 0.3) is 17.1 Å². The van der Waals surface area contributed by atoms with Gasteiger partial charge < -0.3 is 5.73 Å². The molecule has 3 amide bonds. The number of thioether (sulfide) groups is 1. The minimum absolute atomic E-state index is 0.0278. The van der Waals surface area contributed by atoms with Crippen molar-refractivity contribution in [3.63, 3.8) is 0 Å². The van der Waals surface area contributed by atoms with Crippen LogP contribution >= 0.6 is 23.4 Å². The van der Waals surface area contributed by atoms with Gasteiger partial charge in [-0.25, -0.2) is 4.79 Å². The Morgan fingerprint density at radius 1 is 1.12 bits per heavy atom. The molecule has 0 aliphatic heterocycles. The monoisotopic (exact) mass is 497 g/mol. The number of alkyl halides is 3. The molecule has 0 spiro atoms. The zero-order valence-electron chi connectivity index (χ0n) is 17.4. The first-order chi connectivity index (χ1) is 15.5. The first-order valence-electron chi connectivity index (χ1n) is 9.64. The number of nitrogens with zero attached hydrogens (tertiary/aromatic N) is 3. The maximum Gasteiger partial charge on any atom is 0.418 e. The normalized spacial score (nSPS) is 12.6. The molecule has 1 unspecified atom stereocenters. The van der Waals surface area contributed by atoms with Gasteiger partial charge in [0.1, 0.15) is 0 Å². The third-order valence-electron chi connectivity index (χ3n) is 4.51. The molecule has 0 radical (unpaired) electrons. The lowest BCUT2D eigenvalue weighted by atomic mass is 10.1. The van der Waals surface area contributed by atoms with Gasteiger partial charge in [0, 0.05) is 10.6 Å². The van der Waals surface area contributed by atoms with E-state index >= 15 is 0 Å². The van der Waals surface area contributed by atoms with Crippen LogP contribution < -0.4 is 11.1 Å². The number of primary amides is 1. The van der Waals surface area contributed by atoms with Crippen molar-refractivity contribution in [2.75, 3.05) is 0 Å². The first kappa shape index (κ1) is 24.6. The van der Waals surface area contributed by atoms with E-state index in [-0.39, 0.29) is 22.6 Å². The van der Waals surface area contributed by atoms with Crippen LogP contribution in [0.1, 0.15) is 19.4 Å². The number of aromatic nitrogens is 3. The molecule has 0 saturated carbocycles. The number of rotatable bonds is 6. The molecule has 33 heavy (non-hydrogen) atoms. The summed E-state index contributed by atoms with van der Waals surface area (Å²) in [6, 6.07) is 10.4. The molecule has 174 valence electrons. The molecule has 12 heteroatoms. The quantitative estimate of drug-likeness (QED) is 0.471. The third-order valence-corrected chi connectivity index (χ3v) is 6.23. The third kappa shape index (κ3) is 5.66. The second-order valence-electron chi connectivity index (χ2n) is 7.30. The van der Waals surface area contributed by atoms with Crippen LogP contribution in [-0.2, 0) is 11.0 Å². The number of halogens is 4. The van der Waals surface area contributed by atoms with Crippen LogP contribution in [0.15, 0.2) is 53.7 Å². The zero-order valence-corrected chi connectivity index (χ0v) is 19.0. The zero-order chi connectivity index (χ0) is 24.3. The summed E-state index contributed by atoms with van der Waals surface area (Å²) in [5.41, 5.74) is 4.37. The summed E-state index contributed by atoms with van der Waals surface area (Å²) in [5.74, 6) is -0.896. The molecule has 7 nitrogen and oxygen atoms in total. The van der Waals surface area contributed by atoms with E-state index < -0.39 is 28.9 Å². The molecule has 0 aliphatic carbocycles. The Balaban J connectivity index is 2.21. The highest BCUT2D eigenvalue weighted by atomic mass is 35.5. The van der Waals surface area contributed by atoms with Crippen LogP contribution in [0.5, 0.6) is 0 Å². The SMILES string of the molecule is CC(C)C(Sc1nnc(-c2cccc(Cl)c2)n1-c1ccccc1C(F)(F)F)C(=O)NC(N)=O. The van der Waals surface area contributed by atoms with Crippen molar-refractivity contribution in [1.82, 2.24) is 20.1 Å². The van der Waals surface area contributed by atoms with Crippen molar-refractivity contribution in [3.05, 3.63) is 59.1 Å². The fourth-order valence-corrected chi connectivity index (χ4v) is 4.32. The number of para-hydroxylation sites is 1. The minimum atomic E-state index is -4.66. The lowest BCUT2D eigenvalue weighted by Gasteiger charge is -2.20. The van der Waals surface area contributed by atoms with E-state index in [1.165, 1.54) is 22.8 Å². The summed E-state index contributed by atoms with van der Waals surface area (Å²) in [6.45, 7) is 3.45. The van der Waals surface area contributed by atoms with Gasteiger partial charge in [0.2, 0.25) is 5.91 Å². The number of carbonyl (C=O) groups is 2. The van der Waals surface area contributed by atoms with Crippen molar-refractivity contribution in [2.45, 2.75) is 30.4 Å². The van der Waals surface area contributed by atoms with Gasteiger partial charge in [-0.15, -0.1) is 10.2 Å². The molecule has 3 N–H and O–H groups in total. The van der Waals surface area contributed by atoms with Crippen LogP contribution in [0, 0.1) is 5.92 Å². The van der Waals surface area contributed by atoms with Gasteiger partial charge in [0.25, 0.3) is 0 Å². The topological polar surface area (TPSA) is 103 Å². The molecule has 3 rings (SSSR count). The standard InChI is InChI=1S/C21H19ClF3N5O2S/c1-11(2)16(18(31)27-19(26)32)33-20-29-28-17(12-6-5-7-13(22)10-12)30(20)15-9-4-3-8-14(15)21(23,24)25/h3-11,16H,1-2H3,(H3,26,27,31,32). The summed E-state index contributed by atoms with van der Waals surface area (Å²) in [6.07, 6.45) is -4.66. The van der Waals surface area contributed by atoms with Crippen molar-refractivity contribution in [1.29, 1.82) is 0 Å². The lowest BCUT2D eigenvalue weighted by molar-refractivity contribution is -0.137. The van der Waals surface area contributed by atoms with Crippen molar-refractivity contribution >= 4 is 35.3 Å². The van der Waals surface area contributed by atoms with E-state index in [0.717, 1.165) is 17.8 Å². The molecule has 1 aromatic heterocycles. The molecular weight excluding hydrogens is 479 g/mol. The summed E-state index contributed by atoms with van der Waals surface area (Å²) in [5, 5.41) is 9.69. The Kier molecular flexibility index (Phi) is 7.33. The van der Waals surface area contributed by atoms with Gasteiger partial charge in [0.15, 0.2) is 11.0 Å². The van der Waals surface area contributed by atoms with Crippen molar-refractivity contribution in [2.24, 2.45) is 11.7 Å². The summed E-state index contributed by atoms with van der Waals surface area (Å²) < 4.78 is 42.7. The smallest absolute Gasteiger partial charge is 0.351 e. The minimum Gasteiger partial charge on any atom is -0.351 e. The van der Waals surface area contributed by atoms with E-state index in [2.05, 4.69) is 10.2 Å². The van der Waals surface area contributed by atoms with Crippen molar-refractivity contribution < 1.29 is 22.8 Å². The van der Waals surface area contributed by atoms with Gasteiger partial charge in [-0.05, 0) is 30.2 Å². The molecule has 2 aromatic carbocycles. The Morgan fingerprint density at radius 2 is 1.82 bits per heavy atom. The second kappa shape index (κ2) is 9.84.